The summed E-state index contributed by atoms with van der Waals surface area (Å²) in [6.45, 7) is 16.2. The van der Waals surface area contributed by atoms with Crippen LogP contribution in [0.4, 0.5) is 0 Å². The molecule has 1 heteroatoms. The molecule has 20 heavy (non-hydrogen) atoms. The Hall–Kier alpha value is -1.08. The molecule has 0 fully saturated rings. The summed E-state index contributed by atoms with van der Waals surface area (Å²) >= 11 is 0. The molecule has 0 bridgehead atoms. The van der Waals surface area contributed by atoms with Gasteiger partial charge in [0.25, 0.3) is 0 Å². The molecular formula is C19H32O. The minimum absolute atomic E-state index is 0.388. The maximum atomic E-state index is 9.65. The molecule has 114 valence electrons. The Labute approximate surface area is 125 Å². The molecule has 3 atom stereocenters. The van der Waals surface area contributed by atoms with E-state index in [9.17, 15) is 5.11 Å². The van der Waals surface area contributed by atoms with Crippen LogP contribution in [0.3, 0.4) is 0 Å². The number of rotatable bonds is 10. The molecule has 0 spiro atoms. The van der Waals surface area contributed by atoms with Gasteiger partial charge < -0.3 is 5.11 Å². The molecule has 0 aliphatic rings. The Kier molecular flexibility index (Phi) is 10.1. The van der Waals surface area contributed by atoms with Crippen molar-refractivity contribution in [2.24, 2.45) is 11.8 Å². The quantitative estimate of drug-likeness (QED) is 0.416. The monoisotopic (exact) mass is 276 g/mol. The number of aliphatic hydroxyl groups is 1. The van der Waals surface area contributed by atoms with Gasteiger partial charge in [-0.05, 0) is 58.3 Å². The number of aliphatic hydroxyl groups excluding tert-OH is 1. The van der Waals surface area contributed by atoms with Crippen LogP contribution in [0.1, 0.15) is 53.4 Å². The van der Waals surface area contributed by atoms with Gasteiger partial charge in [-0.1, -0.05) is 49.0 Å². The molecule has 0 rings (SSSR count). The first-order valence-corrected chi connectivity index (χ1v) is 7.64. The van der Waals surface area contributed by atoms with Gasteiger partial charge in [0.2, 0.25) is 0 Å². The van der Waals surface area contributed by atoms with Crippen molar-refractivity contribution in [3.05, 3.63) is 48.6 Å². The Balaban J connectivity index is 4.52. The Morgan fingerprint density at radius 2 is 1.80 bits per heavy atom. The van der Waals surface area contributed by atoms with E-state index >= 15 is 0 Å². The van der Waals surface area contributed by atoms with Crippen LogP contribution in [0, 0.1) is 11.8 Å². The van der Waals surface area contributed by atoms with E-state index in [2.05, 4.69) is 52.2 Å². The number of hydrogen-bond acceptors (Lipinski definition) is 1. The normalized spacial score (nSPS) is 15.7. The zero-order valence-electron chi connectivity index (χ0n) is 13.7. The van der Waals surface area contributed by atoms with E-state index in [-0.39, 0.29) is 6.10 Å². The van der Waals surface area contributed by atoms with Crippen LogP contribution in [-0.2, 0) is 0 Å². The fourth-order valence-corrected chi connectivity index (χ4v) is 2.19. The highest BCUT2D eigenvalue weighted by molar-refractivity contribution is 5.12. The van der Waals surface area contributed by atoms with Crippen molar-refractivity contribution in [3.63, 3.8) is 0 Å². The van der Waals surface area contributed by atoms with E-state index < -0.39 is 0 Å². The minimum atomic E-state index is -0.388. The predicted molar refractivity (Wildman–Crippen MR) is 90.7 cm³/mol. The molecule has 0 aliphatic carbocycles. The van der Waals surface area contributed by atoms with Crippen LogP contribution < -0.4 is 0 Å². The lowest BCUT2D eigenvalue weighted by molar-refractivity contribution is 0.197. The van der Waals surface area contributed by atoms with Crippen LogP contribution in [0.25, 0.3) is 0 Å². The Morgan fingerprint density at radius 3 is 2.30 bits per heavy atom. The van der Waals surface area contributed by atoms with Crippen molar-refractivity contribution in [3.8, 4) is 0 Å². The molecule has 0 aromatic rings. The van der Waals surface area contributed by atoms with Gasteiger partial charge in [-0.25, -0.2) is 0 Å². The van der Waals surface area contributed by atoms with E-state index in [0.29, 0.717) is 11.8 Å². The van der Waals surface area contributed by atoms with Gasteiger partial charge in [0.15, 0.2) is 0 Å². The summed E-state index contributed by atoms with van der Waals surface area (Å²) < 4.78 is 0. The lowest BCUT2D eigenvalue weighted by atomic mass is 9.85. The number of hydrogen-bond donors (Lipinski definition) is 1. The van der Waals surface area contributed by atoms with Crippen LogP contribution >= 0.6 is 0 Å². The smallest absolute Gasteiger partial charge is 0.0718 e. The minimum Gasteiger partial charge on any atom is -0.389 e. The second kappa shape index (κ2) is 10.7. The highest BCUT2D eigenvalue weighted by atomic mass is 16.3. The van der Waals surface area contributed by atoms with Crippen molar-refractivity contribution in [2.75, 3.05) is 0 Å². The second-order valence-electron chi connectivity index (χ2n) is 6.09. The summed E-state index contributed by atoms with van der Waals surface area (Å²) in [4.78, 5) is 0. The highest BCUT2D eigenvalue weighted by Gasteiger charge is 2.15. The third-order valence-electron chi connectivity index (χ3n) is 3.60. The molecule has 0 saturated heterocycles. The molecule has 1 nitrogen and oxygen atoms in total. The van der Waals surface area contributed by atoms with Crippen molar-refractivity contribution in [1.82, 2.24) is 0 Å². The highest BCUT2D eigenvalue weighted by Crippen LogP contribution is 2.25. The van der Waals surface area contributed by atoms with Gasteiger partial charge >= 0.3 is 0 Å². The molecule has 0 aliphatic heterocycles. The average molecular weight is 276 g/mol. The van der Waals surface area contributed by atoms with E-state index in [1.807, 2.05) is 6.92 Å². The maximum Gasteiger partial charge on any atom is 0.0718 e. The molecule has 0 aromatic carbocycles. The zero-order valence-corrected chi connectivity index (χ0v) is 13.7. The van der Waals surface area contributed by atoms with Crippen LogP contribution in [-0.4, -0.2) is 11.2 Å². The summed E-state index contributed by atoms with van der Waals surface area (Å²) in [6.07, 6.45) is 12.0. The first-order chi connectivity index (χ1) is 9.36. The molecule has 0 aromatic heterocycles. The van der Waals surface area contributed by atoms with E-state index in [4.69, 9.17) is 0 Å². The zero-order chi connectivity index (χ0) is 15.5. The fourth-order valence-electron chi connectivity index (χ4n) is 2.19. The van der Waals surface area contributed by atoms with Crippen molar-refractivity contribution in [2.45, 2.75) is 59.5 Å². The maximum absolute atomic E-state index is 9.65. The predicted octanol–water partition coefficient (Wildman–Crippen LogP) is 5.44. The first-order valence-electron chi connectivity index (χ1n) is 7.64. The van der Waals surface area contributed by atoms with Crippen LogP contribution in [0.2, 0.25) is 0 Å². The van der Waals surface area contributed by atoms with Crippen molar-refractivity contribution in [1.29, 1.82) is 0 Å². The SMILES string of the molecule is C=CC(O)CCC(C=CC(=C)C)C(C)CCC=C(C)C. The van der Waals surface area contributed by atoms with Gasteiger partial charge in [0.1, 0.15) is 0 Å². The lowest BCUT2D eigenvalue weighted by Gasteiger charge is -2.21. The summed E-state index contributed by atoms with van der Waals surface area (Å²) in [5, 5.41) is 9.65. The third kappa shape index (κ3) is 9.80. The van der Waals surface area contributed by atoms with Gasteiger partial charge in [-0.15, -0.1) is 6.58 Å². The summed E-state index contributed by atoms with van der Waals surface area (Å²) in [5.74, 6) is 1.10. The fraction of sp³-hybridized carbons (Fsp3) is 0.579. The molecule has 0 amide bonds. The molecule has 0 saturated carbocycles. The molecule has 3 unspecified atom stereocenters. The van der Waals surface area contributed by atoms with Gasteiger partial charge in [-0.3, -0.25) is 0 Å². The van der Waals surface area contributed by atoms with Gasteiger partial charge in [-0.2, -0.15) is 0 Å². The molecule has 1 N–H and O–H groups in total. The largest absolute Gasteiger partial charge is 0.389 e. The standard InChI is InChI=1S/C19H32O/c1-7-19(20)14-13-18(12-11-16(4)5)17(6)10-8-9-15(2)3/h7,9,11-12,17-20H,1,4,8,10,13-14H2,2-3,5-6H3. The Morgan fingerprint density at radius 1 is 1.15 bits per heavy atom. The number of allylic oxidation sites excluding steroid dienone is 5. The molecule has 0 radical (unpaired) electrons. The van der Waals surface area contributed by atoms with Crippen LogP contribution in [0.5, 0.6) is 0 Å². The van der Waals surface area contributed by atoms with Gasteiger partial charge in [0, 0.05) is 0 Å². The third-order valence-corrected chi connectivity index (χ3v) is 3.60. The lowest BCUT2D eigenvalue weighted by Crippen LogP contribution is -2.13. The second-order valence-corrected chi connectivity index (χ2v) is 6.09. The first kappa shape index (κ1) is 18.9. The van der Waals surface area contributed by atoms with E-state index in [1.165, 1.54) is 12.0 Å². The molecular weight excluding hydrogens is 244 g/mol. The van der Waals surface area contributed by atoms with Gasteiger partial charge in [0.05, 0.1) is 6.10 Å². The molecule has 0 heterocycles. The van der Waals surface area contributed by atoms with E-state index in [1.54, 1.807) is 6.08 Å². The summed E-state index contributed by atoms with van der Waals surface area (Å²) in [7, 11) is 0. The van der Waals surface area contributed by atoms with E-state index in [0.717, 1.165) is 24.8 Å². The Bertz CT molecular complexity index is 345. The van der Waals surface area contributed by atoms with Crippen LogP contribution in [0.15, 0.2) is 48.6 Å². The average Bonchev–Trinajstić information content (AvgIpc) is 2.37. The topological polar surface area (TPSA) is 20.2 Å². The van der Waals surface area contributed by atoms with Crippen molar-refractivity contribution >= 4 is 0 Å². The van der Waals surface area contributed by atoms with Crippen molar-refractivity contribution < 1.29 is 5.11 Å². The summed E-state index contributed by atoms with van der Waals surface area (Å²) in [6, 6.07) is 0. The summed E-state index contributed by atoms with van der Waals surface area (Å²) in [5.41, 5.74) is 2.46.